The van der Waals surface area contributed by atoms with E-state index in [0.717, 1.165) is 24.3 Å². The molecule has 0 radical (unpaired) electrons. The maximum absolute atomic E-state index is 12.6. The number of nitro benzene ring substituents is 1. The summed E-state index contributed by atoms with van der Waals surface area (Å²) in [7, 11) is -3.97. The molecule has 0 fully saturated rings. The van der Waals surface area contributed by atoms with E-state index in [1.807, 2.05) is 0 Å². The van der Waals surface area contributed by atoms with Gasteiger partial charge in [-0.3, -0.25) is 19.6 Å². The molecule has 0 unspecified atom stereocenters. The molecule has 0 amide bonds. The summed E-state index contributed by atoms with van der Waals surface area (Å²) < 4.78 is 32.6. The zero-order chi connectivity index (χ0) is 20.9. The van der Waals surface area contributed by atoms with Crippen molar-refractivity contribution in [2.75, 3.05) is 10.0 Å². The molecule has 10 heteroatoms. The van der Waals surface area contributed by atoms with E-state index < -0.39 is 14.9 Å². The molecule has 2 N–H and O–H groups in total. The van der Waals surface area contributed by atoms with Gasteiger partial charge in [-0.05, 0) is 36.4 Å². The number of rotatable bonds is 8. The molecule has 0 saturated heterocycles. The lowest BCUT2D eigenvalue weighted by molar-refractivity contribution is -0.384. The van der Waals surface area contributed by atoms with Crippen LogP contribution in [0, 0.1) is 10.1 Å². The summed E-state index contributed by atoms with van der Waals surface area (Å²) in [6.07, 6.45) is 4.00. The number of carbonyl (C=O) groups is 1. The summed E-state index contributed by atoms with van der Waals surface area (Å²) in [5, 5.41) is 13.6. The van der Waals surface area contributed by atoms with Gasteiger partial charge in [-0.2, -0.15) is 0 Å². The summed E-state index contributed by atoms with van der Waals surface area (Å²) in [5.41, 5.74) is 0.430. The number of sulfonamides is 1. The fourth-order valence-corrected chi connectivity index (χ4v) is 3.44. The number of furan rings is 1. The highest BCUT2D eigenvalue weighted by atomic mass is 32.2. The smallest absolute Gasteiger partial charge is 0.269 e. The van der Waals surface area contributed by atoms with Crippen LogP contribution in [0.4, 0.5) is 17.1 Å². The largest absolute Gasteiger partial charge is 0.461 e. The van der Waals surface area contributed by atoms with Crippen LogP contribution in [0.3, 0.4) is 0 Å². The maximum atomic E-state index is 12.6. The molecule has 1 aromatic heterocycles. The van der Waals surface area contributed by atoms with Crippen LogP contribution in [0.25, 0.3) is 0 Å². The monoisotopic (exact) mass is 413 g/mol. The van der Waals surface area contributed by atoms with Gasteiger partial charge in [0.2, 0.25) is 5.78 Å². The van der Waals surface area contributed by atoms with Crippen molar-refractivity contribution < 1.29 is 22.6 Å². The van der Waals surface area contributed by atoms with E-state index in [9.17, 15) is 23.3 Å². The van der Waals surface area contributed by atoms with Crippen molar-refractivity contribution in [1.82, 2.24) is 0 Å². The number of carbonyl (C=O) groups excluding carboxylic acids is 1. The fraction of sp³-hybridized carbons (Fsp3) is 0. The number of hydrogen-bond donors (Lipinski definition) is 2. The third kappa shape index (κ3) is 4.87. The summed E-state index contributed by atoms with van der Waals surface area (Å²) in [6.45, 7) is 0. The Labute approximate surface area is 165 Å². The minimum atomic E-state index is -3.97. The summed E-state index contributed by atoms with van der Waals surface area (Å²) in [5.74, 6) is -0.179. The van der Waals surface area contributed by atoms with Crippen LogP contribution in [0.15, 0.2) is 88.5 Å². The molecule has 3 aromatic rings. The Bertz CT molecular complexity index is 1150. The third-order valence-electron chi connectivity index (χ3n) is 3.77. The predicted octanol–water partition coefficient (Wildman–Crippen LogP) is 3.80. The highest BCUT2D eigenvalue weighted by Gasteiger charge is 2.17. The lowest BCUT2D eigenvalue weighted by Crippen LogP contribution is -2.14. The second kappa shape index (κ2) is 8.40. The van der Waals surface area contributed by atoms with Crippen LogP contribution in [0.5, 0.6) is 0 Å². The zero-order valence-electron chi connectivity index (χ0n) is 14.8. The minimum absolute atomic E-state index is 0.124. The number of ketones is 1. The standard InChI is InChI=1S/C19H15N3O6S/c23-18(19-6-3-13-28-19)11-12-20-16-4-1-2-5-17(16)21-29(26,27)15-9-7-14(8-10-15)22(24)25/h1-13,20-21H/b12-11+. The van der Waals surface area contributed by atoms with Gasteiger partial charge in [0.25, 0.3) is 15.7 Å². The number of anilines is 2. The van der Waals surface area contributed by atoms with Gasteiger partial charge in [-0.25, -0.2) is 8.42 Å². The second-order valence-electron chi connectivity index (χ2n) is 5.72. The molecule has 0 aliphatic heterocycles. The van der Waals surface area contributed by atoms with Crippen LogP contribution >= 0.6 is 0 Å². The Kier molecular flexibility index (Phi) is 5.74. The lowest BCUT2D eigenvalue weighted by atomic mass is 10.2. The molecule has 29 heavy (non-hydrogen) atoms. The third-order valence-corrected chi connectivity index (χ3v) is 5.15. The molecule has 0 aliphatic rings. The summed E-state index contributed by atoms with van der Waals surface area (Å²) in [4.78, 5) is 21.9. The number of nitrogens with zero attached hydrogens (tertiary/aromatic N) is 1. The van der Waals surface area contributed by atoms with Crippen LogP contribution in [-0.2, 0) is 10.0 Å². The van der Waals surface area contributed by atoms with E-state index in [-0.39, 0.29) is 27.8 Å². The number of nitro groups is 1. The predicted molar refractivity (Wildman–Crippen MR) is 106 cm³/mol. The van der Waals surface area contributed by atoms with Gasteiger partial charge in [0.15, 0.2) is 5.76 Å². The van der Waals surface area contributed by atoms with E-state index in [2.05, 4.69) is 10.0 Å². The highest BCUT2D eigenvalue weighted by Crippen LogP contribution is 2.25. The average molecular weight is 413 g/mol. The molecule has 1 heterocycles. The summed E-state index contributed by atoms with van der Waals surface area (Å²) in [6, 6.07) is 14.1. The Hall–Kier alpha value is -3.92. The van der Waals surface area contributed by atoms with Gasteiger partial charge in [-0.1, -0.05) is 12.1 Å². The van der Waals surface area contributed by atoms with Crippen LogP contribution < -0.4 is 10.0 Å². The lowest BCUT2D eigenvalue weighted by Gasteiger charge is -2.12. The first-order valence-corrected chi connectivity index (χ1v) is 9.72. The molecule has 0 bridgehead atoms. The van der Waals surface area contributed by atoms with Crippen LogP contribution in [0.2, 0.25) is 0 Å². The van der Waals surface area contributed by atoms with Crippen LogP contribution in [-0.4, -0.2) is 19.1 Å². The van der Waals surface area contributed by atoms with Crippen molar-refractivity contribution in [3.8, 4) is 0 Å². The minimum Gasteiger partial charge on any atom is -0.461 e. The SMILES string of the molecule is O=C(/C=C/Nc1ccccc1NS(=O)(=O)c1ccc([N+](=O)[O-])cc1)c1ccco1. The van der Waals surface area contributed by atoms with E-state index in [0.29, 0.717) is 5.69 Å². The van der Waals surface area contributed by atoms with Crippen molar-refractivity contribution in [3.63, 3.8) is 0 Å². The number of hydrogen-bond acceptors (Lipinski definition) is 7. The fourth-order valence-electron chi connectivity index (χ4n) is 2.36. The molecule has 2 aromatic carbocycles. The Morgan fingerprint density at radius 1 is 1.00 bits per heavy atom. The van der Waals surface area contributed by atoms with Gasteiger partial charge in [0.1, 0.15) is 0 Å². The van der Waals surface area contributed by atoms with Crippen molar-refractivity contribution in [2.24, 2.45) is 0 Å². The molecule has 3 rings (SSSR count). The van der Waals surface area contributed by atoms with Crippen molar-refractivity contribution in [3.05, 3.63) is 95.1 Å². The van der Waals surface area contributed by atoms with E-state index in [4.69, 9.17) is 4.42 Å². The van der Waals surface area contributed by atoms with E-state index >= 15 is 0 Å². The number of allylic oxidation sites excluding steroid dienone is 1. The molecule has 0 atom stereocenters. The Balaban J connectivity index is 1.76. The van der Waals surface area contributed by atoms with Gasteiger partial charge in [0, 0.05) is 24.4 Å². The molecule has 0 saturated carbocycles. The zero-order valence-corrected chi connectivity index (χ0v) is 15.6. The topological polar surface area (TPSA) is 132 Å². The van der Waals surface area contributed by atoms with Crippen molar-refractivity contribution in [1.29, 1.82) is 0 Å². The number of nitrogens with one attached hydrogen (secondary N) is 2. The van der Waals surface area contributed by atoms with Gasteiger partial charge < -0.3 is 9.73 Å². The Morgan fingerprint density at radius 3 is 2.31 bits per heavy atom. The number of benzene rings is 2. The van der Waals surface area contributed by atoms with Crippen molar-refractivity contribution >= 4 is 32.9 Å². The quantitative estimate of drug-likeness (QED) is 0.248. The summed E-state index contributed by atoms with van der Waals surface area (Å²) >= 11 is 0. The Morgan fingerprint density at radius 2 is 1.69 bits per heavy atom. The second-order valence-corrected chi connectivity index (χ2v) is 7.40. The normalized spacial score (nSPS) is 11.3. The molecular weight excluding hydrogens is 398 g/mol. The number of non-ortho nitro benzene ring substituents is 1. The van der Waals surface area contributed by atoms with Gasteiger partial charge in [-0.15, -0.1) is 0 Å². The van der Waals surface area contributed by atoms with Crippen LogP contribution in [0.1, 0.15) is 10.6 Å². The molecule has 9 nitrogen and oxygen atoms in total. The average Bonchev–Trinajstić information content (AvgIpc) is 3.24. The molecular formula is C19H15N3O6S. The first kappa shape index (κ1) is 19.8. The van der Waals surface area contributed by atoms with Crippen molar-refractivity contribution in [2.45, 2.75) is 4.90 Å². The molecule has 0 aliphatic carbocycles. The van der Waals surface area contributed by atoms with Gasteiger partial charge in [0.05, 0.1) is 27.5 Å². The van der Waals surface area contributed by atoms with E-state index in [1.165, 1.54) is 30.7 Å². The first-order valence-electron chi connectivity index (χ1n) is 8.24. The molecule has 0 spiro atoms. The highest BCUT2D eigenvalue weighted by molar-refractivity contribution is 7.92. The maximum Gasteiger partial charge on any atom is 0.269 e. The number of para-hydroxylation sites is 2. The first-order chi connectivity index (χ1) is 13.9. The molecule has 148 valence electrons. The van der Waals surface area contributed by atoms with E-state index in [1.54, 1.807) is 24.3 Å². The van der Waals surface area contributed by atoms with Gasteiger partial charge >= 0.3 is 0 Å².